The molecule has 5 nitrogen and oxygen atoms in total. The van der Waals surface area contributed by atoms with Crippen molar-refractivity contribution in [2.75, 3.05) is 51.7 Å². The molecule has 1 aromatic carbocycles. The largest absolute Gasteiger partial charge is 0.369 e. The Morgan fingerprint density at radius 3 is 2.92 bits per heavy atom. The standard InChI is InChI=1S/C17H28ClN5.HI/c1-4-22(3)11-9-20-17(19-2)21-15-8-10-23(13-15)16-7-5-6-14(18)12-16;/h5-7,12,15H,4,8-11,13H2,1-3H3,(H2,19,20,21);1H. The van der Waals surface area contributed by atoms with Crippen LogP contribution < -0.4 is 15.5 Å². The summed E-state index contributed by atoms with van der Waals surface area (Å²) in [6, 6.07) is 8.46. The quantitative estimate of drug-likeness (QED) is 0.385. The van der Waals surface area contributed by atoms with E-state index in [-0.39, 0.29) is 24.0 Å². The lowest BCUT2D eigenvalue weighted by Gasteiger charge is -2.21. The predicted octanol–water partition coefficient (Wildman–Crippen LogP) is 2.65. The van der Waals surface area contributed by atoms with Gasteiger partial charge in [0.1, 0.15) is 0 Å². The zero-order valence-corrected chi connectivity index (χ0v) is 17.8. The van der Waals surface area contributed by atoms with E-state index in [0.717, 1.165) is 50.1 Å². The van der Waals surface area contributed by atoms with E-state index < -0.39 is 0 Å². The van der Waals surface area contributed by atoms with Crippen molar-refractivity contribution in [3.63, 3.8) is 0 Å². The number of hydrogen-bond donors (Lipinski definition) is 2. The van der Waals surface area contributed by atoms with Crippen LogP contribution >= 0.6 is 35.6 Å². The van der Waals surface area contributed by atoms with Crippen LogP contribution in [0.1, 0.15) is 13.3 Å². The van der Waals surface area contributed by atoms with Crippen LogP contribution in [0.4, 0.5) is 5.69 Å². The average molecular weight is 466 g/mol. The van der Waals surface area contributed by atoms with Crippen LogP contribution in [0.25, 0.3) is 0 Å². The van der Waals surface area contributed by atoms with Crippen molar-refractivity contribution < 1.29 is 0 Å². The summed E-state index contributed by atoms with van der Waals surface area (Å²) in [6.45, 7) is 7.13. The Hall–Kier alpha value is -0.730. The monoisotopic (exact) mass is 465 g/mol. The molecule has 1 atom stereocenters. The van der Waals surface area contributed by atoms with Gasteiger partial charge in [-0.1, -0.05) is 24.6 Å². The summed E-state index contributed by atoms with van der Waals surface area (Å²) in [7, 11) is 3.94. The van der Waals surface area contributed by atoms with Gasteiger partial charge in [-0.15, -0.1) is 24.0 Å². The molecule has 24 heavy (non-hydrogen) atoms. The third-order valence-corrected chi connectivity index (χ3v) is 4.49. The van der Waals surface area contributed by atoms with Crippen LogP contribution in [0, 0.1) is 0 Å². The maximum absolute atomic E-state index is 6.09. The van der Waals surface area contributed by atoms with Crippen molar-refractivity contribution in [1.29, 1.82) is 0 Å². The van der Waals surface area contributed by atoms with Gasteiger partial charge >= 0.3 is 0 Å². The number of rotatable bonds is 6. The number of benzene rings is 1. The number of halogens is 2. The summed E-state index contributed by atoms with van der Waals surface area (Å²) in [5.41, 5.74) is 1.19. The first-order valence-corrected chi connectivity index (χ1v) is 8.66. The first-order valence-electron chi connectivity index (χ1n) is 8.28. The molecular weight excluding hydrogens is 437 g/mol. The molecule has 0 radical (unpaired) electrons. The van der Waals surface area contributed by atoms with Crippen LogP contribution in [-0.4, -0.2) is 63.7 Å². The average Bonchev–Trinajstić information content (AvgIpc) is 3.02. The summed E-state index contributed by atoms with van der Waals surface area (Å²) in [4.78, 5) is 8.96. The molecule has 1 aromatic rings. The first kappa shape index (κ1) is 21.3. The number of guanidine groups is 1. The van der Waals surface area contributed by atoms with Crippen LogP contribution in [0.5, 0.6) is 0 Å². The zero-order valence-electron chi connectivity index (χ0n) is 14.8. The second-order valence-corrected chi connectivity index (χ2v) is 6.39. The van der Waals surface area contributed by atoms with Gasteiger partial charge in [-0.3, -0.25) is 4.99 Å². The molecule has 0 aliphatic carbocycles. The Morgan fingerprint density at radius 1 is 1.46 bits per heavy atom. The summed E-state index contributed by atoms with van der Waals surface area (Å²) < 4.78 is 0. The van der Waals surface area contributed by atoms with E-state index >= 15 is 0 Å². The number of nitrogens with one attached hydrogen (secondary N) is 2. The number of nitrogens with zero attached hydrogens (tertiary/aromatic N) is 3. The molecule has 2 rings (SSSR count). The molecule has 0 spiro atoms. The van der Waals surface area contributed by atoms with E-state index in [4.69, 9.17) is 11.6 Å². The molecule has 136 valence electrons. The Balaban J connectivity index is 0.00000288. The topological polar surface area (TPSA) is 42.9 Å². The highest BCUT2D eigenvalue weighted by atomic mass is 127. The van der Waals surface area contributed by atoms with Gasteiger partial charge in [0.25, 0.3) is 0 Å². The van der Waals surface area contributed by atoms with Crippen LogP contribution in [-0.2, 0) is 0 Å². The molecule has 2 N–H and O–H groups in total. The molecule has 1 heterocycles. The van der Waals surface area contributed by atoms with Gasteiger partial charge in [0.2, 0.25) is 0 Å². The van der Waals surface area contributed by atoms with E-state index in [1.807, 2.05) is 25.2 Å². The highest BCUT2D eigenvalue weighted by Gasteiger charge is 2.23. The van der Waals surface area contributed by atoms with E-state index in [1.165, 1.54) is 5.69 Å². The van der Waals surface area contributed by atoms with E-state index in [0.29, 0.717) is 6.04 Å². The van der Waals surface area contributed by atoms with Crippen molar-refractivity contribution in [1.82, 2.24) is 15.5 Å². The van der Waals surface area contributed by atoms with Crippen LogP contribution in [0.2, 0.25) is 5.02 Å². The fraction of sp³-hybridized carbons (Fsp3) is 0.588. The Bertz CT molecular complexity index is 525. The number of likely N-dealkylation sites (N-methyl/N-ethyl adjacent to an activating group) is 1. The molecule has 0 aromatic heterocycles. The maximum Gasteiger partial charge on any atom is 0.191 e. The van der Waals surface area contributed by atoms with E-state index in [2.05, 4.69) is 45.5 Å². The summed E-state index contributed by atoms with van der Waals surface area (Å²) >= 11 is 6.09. The SMILES string of the molecule is CCN(C)CCNC(=NC)NC1CCN(c2cccc(Cl)c2)C1.I. The van der Waals surface area contributed by atoms with E-state index in [9.17, 15) is 0 Å². The molecule has 1 aliphatic rings. The third kappa shape index (κ3) is 6.64. The second-order valence-electron chi connectivity index (χ2n) is 5.95. The highest BCUT2D eigenvalue weighted by molar-refractivity contribution is 14.0. The van der Waals surface area contributed by atoms with Gasteiger partial charge in [-0.25, -0.2) is 0 Å². The maximum atomic E-state index is 6.09. The Kier molecular flexibility index (Phi) is 9.76. The number of anilines is 1. The molecule has 0 bridgehead atoms. The minimum Gasteiger partial charge on any atom is -0.369 e. The highest BCUT2D eigenvalue weighted by Crippen LogP contribution is 2.23. The molecule has 1 unspecified atom stereocenters. The van der Waals surface area contributed by atoms with Crippen molar-refractivity contribution in [2.24, 2.45) is 4.99 Å². The minimum atomic E-state index is 0. The Morgan fingerprint density at radius 2 is 2.25 bits per heavy atom. The van der Waals surface area contributed by atoms with Gasteiger partial charge < -0.3 is 20.4 Å². The minimum absolute atomic E-state index is 0. The van der Waals surface area contributed by atoms with Crippen molar-refractivity contribution >= 4 is 47.2 Å². The summed E-state index contributed by atoms with van der Waals surface area (Å²) in [6.07, 6.45) is 1.10. The lowest BCUT2D eigenvalue weighted by molar-refractivity contribution is 0.357. The molecule has 0 amide bonds. The zero-order chi connectivity index (χ0) is 16.7. The molecule has 0 saturated carbocycles. The number of hydrogen-bond acceptors (Lipinski definition) is 3. The van der Waals surface area contributed by atoms with Gasteiger partial charge in [0.15, 0.2) is 5.96 Å². The van der Waals surface area contributed by atoms with Gasteiger partial charge in [-0.05, 0) is 38.2 Å². The van der Waals surface area contributed by atoms with Crippen molar-refractivity contribution in [3.05, 3.63) is 29.3 Å². The summed E-state index contributed by atoms with van der Waals surface area (Å²) in [5, 5.41) is 7.69. The molecule has 1 fully saturated rings. The lowest BCUT2D eigenvalue weighted by Crippen LogP contribution is -2.46. The Labute approximate surface area is 167 Å². The van der Waals surface area contributed by atoms with Gasteiger partial charge in [0, 0.05) is 50.0 Å². The van der Waals surface area contributed by atoms with E-state index in [1.54, 1.807) is 0 Å². The third-order valence-electron chi connectivity index (χ3n) is 4.25. The first-order chi connectivity index (χ1) is 11.1. The molecule has 1 saturated heterocycles. The van der Waals surface area contributed by atoms with Crippen LogP contribution in [0.15, 0.2) is 29.3 Å². The fourth-order valence-corrected chi connectivity index (χ4v) is 2.88. The predicted molar refractivity (Wildman–Crippen MR) is 115 cm³/mol. The fourth-order valence-electron chi connectivity index (χ4n) is 2.70. The van der Waals surface area contributed by atoms with Gasteiger partial charge in [0.05, 0.1) is 0 Å². The van der Waals surface area contributed by atoms with Crippen molar-refractivity contribution in [2.45, 2.75) is 19.4 Å². The molecule has 1 aliphatic heterocycles. The number of aliphatic imine (C=N–C) groups is 1. The molecule has 7 heteroatoms. The summed E-state index contributed by atoms with van der Waals surface area (Å²) in [5.74, 6) is 0.882. The second kappa shape index (κ2) is 11.0. The lowest BCUT2D eigenvalue weighted by atomic mass is 10.3. The van der Waals surface area contributed by atoms with Gasteiger partial charge in [-0.2, -0.15) is 0 Å². The smallest absolute Gasteiger partial charge is 0.191 e. The molecular formula is C17H29ClIN5. The van der Waals surface area contributed by atoms with Crippen molar-refractivity contribution in [3.8, 4) is 0 Å². The van der Waals surface area contributed by atoms with Crippen LogP contribution in [0.3, 0.4) is 0 Å². The normalized spacial score (nSPS) is 17.8.